The van der Waals surface area contributed by atoms with Gasteiger partial charge in [0.2, 0.25) is 11.8 Å². The second-order valence-corrected chi connectivity index (χ2v) is 7.14. The van der Waals surface area contributed by atoms with E-state index >= 15 is 0 Å². The van der Waals surface area contributed by atoms with Crippen LogP contribution in [0.3, 0.4) is 0 Å². The molecule has 0 radical (unpaired) electrons. The number of benzene rings is 2. The summed E-state index contributed by atoms with van der Waals surface area (Å²) in [6.45, 7) is 6.54. The third kappa shape index (κ3) is 4.76. The maximum Gasteiger partial charge on any atom is 0.227 e. The van der Waals surface area contributed by atoms with Gasteiger partial charge in [0.15, 0.2) is 5.58 Å². The van der Waals surface area contributed by atoms with Gasteiger partial charge in [-0.2, -0.15) is 0 Å². The van der Waals surface area contributed by atoms with Crippen molar-refractivity contribution in [2.45, 2.75) is 58.8 Å². The van der Waals surface area contributed by atoms with E-state index in [-0.39, 0.29) is 5.91 Å². The predicted molar refractivity (Wildman–Crippen MR) is 111 cm³/mol. The quantitative estimate of drug-likeness (QED) is 0.462. The summed E-state index contributed by atoms with van der Waals surface area (Å²) in [6.07, 6.45) is 4.80. The third-order valence-corrected chi connectivity index (χ3v) is 5.02. The molecule has 0 unspecified atom stereocenters. The minimum absolute atomic E-state index is 0.0654. The van der Waals surface area contributed by atoms with Crippen molar-refractivity contribution in [2.24, 2.45) is 0 Å². The molecule has 1 heterocycles. The number of nitrogens with zero attached hydrogens (tertiary/aromatic N) is 1. The Balaban J connectivity index is 1.72. The standard InChI is InChI=1S/C23H28N2O2/c1-4-6-7-8-22(26)24-19-12-9-17(10-13-19)23-25-20-15-18(16(3)5-2)11-14-21(20)27-23/h9-16H,4-8H2,1-3H3,(H,24,26)/t16-/m0/s1. The minimum atomic E-state index is 0.0654. The lowest BCUT2D eigenvalue weighted by Gasteiger charge is -2.07. The van der Waals surface area contributed by atoms with E-state index in [4.69, 9.17) is 4.42 Å². The molecule has 4 heteroatoms. The van der Waals surface area contributed by atoms with Crippen LogP contribution in [0, 0.1) is 0 Å². The number of nitrogens with one attached hydrogen (secondary N) is 1. The first-order valence-corrected chi connectivity index (χ1v) is 9.91. The van der Waals surface area contributed by atoms with Gasteiger partial charge in [0.1, 0.15) is 5.52 Å². The van der Waals surface area contributed by atoms with Gasteiger partial charge in [-0.05, 0) is 60.7 Å². The van der Waals surface area contributed by atoms with Gasteiger partial charge in [0.05, 0.1) is 0 Å². The number of rotatable bonds is 8. The Bertz CT molecular complexity index is 896. The van der Waals surface area contributed by atoms with E-state index in [1.54, 1.807) is 0 Å². The van der Waals surface area contributed by atoms with Crippen LogP contribution in [0.1, 0.15) is 64.4 Å². The number of oxazole rings is 1. The predicted octanol–water partition coefficient (Wildman–Crippen LogP) is 6.53. The molecule has 3 rings (SSSR count). The van der Waals surface area contributed by atoms with Crippen molar-refractivity contribution in [1.82, 2.24) is 4.98 Å². The van der Waals surface area contributed by atoms with Crippen LogP contribution in [0.15, 0.2) is 46.9 Å². The molecule has 0 spiro atoms. The molecule has 0 bridgehead atoms. The van der Waals surface area contributed by atoms with E-state index in [0.717, 1.165) is 48.0 Å². The Morgan fingerprint density at radius 2 is 1.89 bits per heavy atom. The second-order valence-electron chi connectivity index (χ2n) is 7.14. The highest BCUT2D eigenvalue weighted by Gasteiger charge is 2.11. The molecular weight excluding hydrogens is 336 g/mol. The van der Waals surface area contributed by atoms with E-state index in [1.807, 2.05) is 30.3 Å². The van der Waals surface area contributed by atoms with Gasteiger partial charge in [0, 0.05) is 17.7 Å². The average molecular weight is 364 g/mol. The summed E-state index contributed by atoms with van der Waals surface area (Å²) >= 11 is 0. The van der Waals surface area contributed by atoms with Crippen LogP contribution < -0.4 is 5.32 Å². The minimum Gasteiger partial charge on any atom is -0.436 e. The molecule has 1 atom stereocenters. The molecule has 0 saturated carbocycles. The van der Waals surface area contributed by atoms with Crippen molar-refractivity contribution in [3.63, 3.8) is 0 Å². The topological polar surface area (TPSA) is 55.1 Å². The molecule has 3 aromatic rings. The molecule has 142 valence electrons. The van der Waals surface area contributed by atoms with Gasteiger partial charge in [-0.1, -0.05) is 39.7 Å². The number of hydrogen-bond acceptors (Lipinski definition) is 3. The molecule has 0 aliphatic heterocycles. The normalized spacial score (nSPS) is 12.3. The lowest BCUT2D eigenvalue weighted by atomic mass is 9.98. The summed E-state index contributed by atoms with van der Waals surface area (Å²) in [4.78, 5) is 16.6. The highest BCUT2D eigenvalue weighted by molar-refractivity contribution is 5.91. The number of fused-ring (bicyclic) bond motifs is 1. The van der Waals surface area contributed by atoms with Gasteiger partial charge in [0.25, 0.3) is 0 Å². The molecule has 27 heavy (non-hydrogen) atoms. The fraction of sp³-hybridized carbons (Fsp3) is 0.391. The first-order chi connectivity index (χ1) is 13.1. The molecule has 4 nitrogen and oxygen atoms in total. The van der Waals surface area contributed by atoms with Crippen LogP contribution in [0.25, 0.3) is 22.6 Å². The molecule has 0 fully saturated rings. The summed E-state index contributed by atoms with van der Waals surface area (Å²) in [6, 6.07) is 13.9. The zero-order valence-electron chi connectivity index (χ0n) is 16.4. The largest absolute Gasteiger partial charge is 0.436 e. The Kier molecular flexibility index (Phi) is 6.28. The summed E-state index contributed by atoms with van der Waals surface area (Å²) in [5.74, 6) is 1.18. The van der Waals surface area contributed by atoms with Crippen LogP contribution in [0.4, 0.5) is 5.69 Å². The third-order valence-electron chi connectivity index (χ3n) is 5.02. The zero-order chi connectivity index (χ0) is 19.2. The maximum atomic E-state index is 11.9. The van der Waals surface area contributed by atoms with Crippen molar-refractivity contribution in [3.05, 3.63) is 48.0 Å². The highest BCUT2D eigenvalue weighted by atomic mass is 16.3. The molecule has 0 aliphatic carbocycles. The number of amides is 1. The highest BCUT2D eigenvalue weighted by Crippen LogP contribution is 2.28. The molecular formula is C23H28N2O2. The van der Waals surface area contributed by atoms with Gasteiger partial charge >= 0.3 is 0 Å². The van der Waals surface area contributed by atoms with E-state index in [0.29, 0.717) is 18.2 Å². The van der Waals surface area contributed by atoms with Gasteiger partial charge in [-0.15, -0.1) is 0 Å². The first kappa shape index (κ1) is 19.2. The lowest BCUT2D eigenvalue weighted by molar-refractivity contribution is -0.116. The summed E-state index contributed by atoms with van der Waals surface area (Å²) in [7, 11) is 0. The van der Waals surface area contributed by atoms with Crippen LogP contribution >= 0.6 is 0 Å². The molecule has 1 aromatic heterocycles. The van der Waals surface area contributed by atoms with Gasteiger partial charge in [-0.3, -0.25) is 4.79 Å². The van der Waals surface area contributed by atoms with E-state index < -0.39 is 0 Å². The monoisotopic (exact) mass is 364 g/mol. The van der Waals surface area contributed by atoms with Gasteiger partial charge in [-0.25, -0.2) is 4.98 Å². The molecule has 0 saturated heterocycles. The van der Waals surface area contributed by atoms with Crippen molar-refractivity contribution in [3.8, 4) is 11.5 Å². The molecule has 1 amide bonds. The number of carbonyl (C=O) groups excluding carboxylic acids is 1. The van der Waals surface area contributed by atoms with Crippen molar-refractivity contribution < 1.29 is 9.21 Å². The van der Waals surface area contributed by atoms with Crippen LogP contribution in [0.5, 0.6) is 0 Å². The summed E-state index contributed by atoms with van der Waals surface area (Å²) in [5, 5.41) is 2.94. The Labute approximate surface area is 161 Å². The molecule has 1 N–H and O–H groups in total. The van der Waals surface area contributed by atoms with Crippen LogP contribution in [-0.2, 0) is 4.79 Å². The van der Waals surface area contributed by atoms with E-state index in [9.17, 15) is 4.79 Å². The zero-order valence-corrected chi connectivity index (χ0v) is 16.4. The lowest BCUT2D eigenvalue weighted by Crippen LogP contribution is -2.10. The molecule has 2 aromatic carbocycles. The van der Waals surface area contributed by atoms with Crippen molar-refractivity contribution in [2.75, 3.05) is 5.32 Å². The summed E-state index contributed by atoms with van der Waals surface area (Å²) < 4.78 is 5.91. The van der Waals surface area contributed by atoms with Gasteiger partial charge < -0.3 is 9.73 Å². The summed E-state index contributed by atoms with van der Waals surface area (Å²) in [5.41, 5.74) is 4.67. The number of aromatic nitrogens is 1. The maximum absolute atomic E-state index is 11.9. The van der Waals surface area contributed by atoms with Crippen molar-refractivity contribution >= 4 is 22.7 Å². The Morgan fingerprint density at radius 3 is 2.59 bits per heavy atom. The first-order valence-electron chi connectivity index (χ1n) is 9.91. The number of hydrogen-bond donors (Lipinski definition) is 1. The fourth-order valence-corrected chi connectivity index (χ4v) is 3.07. The van der Waals surface area contributed by atoms with Crippen LogP contribution in [-0.4, -0.2) is 10.9 Å². The average Bonchev–Trinajstić information content (AvgIpc) is 3.11. The SMILES string of the molecule is CCCCCC(=O)Nc1ccc(-c2nc3cc([C@@H](C)CC)ccc3o2)cc1. The Hall–Kier alpha value is -2.62. The Morgan fingerprint density at radius 1 is 1.11 bits per heavy atom. The van der Waals surface area contributed by atoms with E-state index in [2.05, 4.69) is 43.2 Å². The van der Waals surface area contributed by atoms with E-state index in [1.165, 1.54) is 5.56 Å². The van der Waals surface area contributed by atoms with Crippen LogP contribution in [0.2, 0.25) is 0 Å². The number of carbonyl (C=O) groups is 1. The number of anilines is 1. The van der Waals surface area contributed by atoms with Crippen molar-refractivity contribution in [1.29, 1.82) is 0 Å². The molecule has 0 aliphatic rings. The second kappa shape index (κ2) is 8.85. The number of unbranched alkanes of at least 4 members (excludes halogenated alkanes) is 2. The fourth-order valence-electron chi connectivity index (χ4n) is 3.07. The smallest absolute Gasteiger partial charge is 0.227 e.